The summed E-state index contributed by atoms with van der Waals surface area (Å²) < 4.78 is 0. The van der Waals surface area contributed by atoms with Gasteiger partial charge in [0.1, 0.15) is 5.69 Å². The fourth-order valence-electron chi connectivity index (χ4n) is 3.41. The van der Waals surface area contributed by atoms with Crippen LogP contribution in [0.3, 0.4) is 0 Å². The molecule has 1 aliphatic rings. The van der Waals surface area contributed by atoms with Crippen molar-refractivity contribution < 1.29 is 14.7 Å². The fraction of sp³-hybridized carbons (Fsp3) is 0.474. The van der Waals surface area contributed by atoms with Gasteiger partial charge in [0.05, 0.1) is 6.54 Å². The van der Waals surface area contributed by atoms with Gasteiger partial charge in [-0.25, -0.2) is 0 Å². The van der Waals surface area contributed by atoms with Gasteiger partial charge in [-0.15, -0.1) is 0 Å². The molecular weight excluding hydrogens is 318 g/mol. The highest BCUT2D eigenvalue weighted by Gasteiger charge is 2.33. The fourth-order valence-corrected chi connectivity index (χ4v) is 3.41. The van der Waals surface area contributed by atoms with Crippen LogP contribution in [0.2, 0.25) is 0 Å². The van der Waals surface area contributed by atoms with Crippen molar-refractivity contribution in [3.8, 4) is 0 Å². The van der Waals surface area contributed by atoms with Crippen molar-refractivity contribution in [1.82, 2.24) is 15.2 Å². The average molecular weight is 343 g/mol. The summed E-state index contributed by atoms with van der Waals surface area (Å²) in [6.45, 7) is 3.51. The molecule has 1 aliphatic heterocycles. The number of benzene rings is 1. The molecule has 3 rings (SSSR count). The van der Waals surface area contributed by atoms with Gasteiger partial charge in [-0.3, -0.25) is 9.59 Å². The zero-order valence-electron chi connectivity index (χ0n) is 14.5. The van der Waals surface area contributed by atoms with Crippen LogP contribution in [0.4, 0.5) is 0 Å². The topological polar surface area (TPSA) is 85.4 Å². The lowest BCUT2D eigenvalue weighted by Crippen LogP contribution is -2.47. The van der Waals surface area contributed by atoms with Crippen molar-refractivity contribution in [2.24, 2.45) is 5.41 Å². The number of aromatic nitrogens is 1. The summed E-state index contributed by atoms with van der Waals surface area (Å²) in [6, 6.07) is 9.45. The van der Waals surface area contributed by atoms with Gasteiger partial charge < -0.3 is 20.3 Å². The zero-order valence-corrected chi connectivity index (χ0v) is 14.5. The number of carbonyl (C=O) groups excluding carboxylic acids is 2. The maximum absolute atomic E-state index is 12.3. The number of hydrogen-bond acceptors (Lipinski definition) is 3. The molecule has 1 aromatic heterocycles. The Kier molecular flexibility index (Phi) is 5.08. The van der Waals surface area contributed by atoms with Gasteiger partial charge in [-0.1, -0.05) is 25.1 Å². The number of likely N-dealkylation sites (tertiary alicyclic amines) is 1. The third-order valence-corrected chi connectivity index (χ3v) is 5.44. The van der Waals surface area contributed by atoms with E-state index in [0.29, 0.717) is 18.8 Å². The van der Waals surface area contributed by atoms with E-state index in [0.717, 1.165) is 30.2 Å². The first-order valence-corrected chi connectivity index (χ1v) is 8.81. The molecule has 0 saturated carbocycles. The first-order chi connectivity index (χ1) is 12.1. The maximum Gasteiger partial charge on any atom is 0.268 e. The van der Waals surface area contributed by atoms with Crippen LogP contribution < -0.4 is 5.32 Å². The summed E-state index contributed by atoms with van der Waals surface area (Å²) >= 11 is 0. The van der Waals surface area contributed by atoms with Crippen LogP contribution in [0.15, 0.2) is 30.3 Å². The number of H-pyrrole nitrogens is 1. The molecule has 1 saturated heterocycles. The minimum absolute atomic E-state index is 0.00749. The molecule has 0 radical (unpaired) electrons. The number of nitrogens with zero attached hydrogens (tertiary/aromatic N) is 1. The molecule has 6 nitrogen and oxygen atoms in total. The minimum atomic E-state index is -0.278. The second-order valence-electron chi connectivity index (χ2n) is 6.85. The summed E-state index contributed by atoms with van der Waals surface area (Å²) in [5.74, 6) is -0.355. The lowest BCUT2D eigenvalue weighted by Gasteiger charge is -2.40. The Balaban J connectivity index is 1.53. The van der Waals surface area contributed by atoms with Crippen molar-refractivity contribution >= 4 is 22.7 Å². The van der Waals surface area contributed by atoms with Crippen molar-refractivity contribution in [2.75, 3.05) is 26.2 Å². The van der Waals surface area contributed by atoms with Gasteiger partial charge in [-0.05, 0) is 36.8 Å². The molecule has 6 heteroatoms. The van der Waals surface area contributed by atoms with E-state index >= 15 is 0 Å². The van der Waals surface area contributed by atoms with E-state index in [4.69, 9.17) is 0 Å². The predicted octanol–water partition coefficient (Wildman–Crippen LogP) is 1.91. The van der Waals surface area contributed by atoms with Crippen LogP contribution in [0.25, 0.3) is 10.9 Å². The lowest BCUT2D eigenvalue weighted by molar-refractivity contribution is -0.133. The van der Waals surface area contributed by atoms with E-state index in [1.165, 1.54) is 0 Å². The number of piperidine rings is 1. The Labute approximate surface area is 147 Å². The highest BCUT2D eigenvalue weighted by atomic mass is 16.3. The number of nitrogens with one attached hydrogen (secondary N) is 2. The summed E-state index contributed by atoms with van der Waals surface area (Å²) in [4.78, 5) is 29.4. The Bertz CT molecular complexity index is 721. The molecule has 0 unspecified atom stereocenters. The van der Waals surface area contributed by atoms with Crippen molar-refractivity contribution in [3.63, 3.8) is 0 Å². The number of amides is 2. The second kappa shape index (κ2) is 7.27. The van der Waals surface area contributed by atoms with Crippen LogP contribution in [-0.4, -0.2) is 53.0 Å². The Morgan fingerprint density at radius 1 is 1.28 bits per heavy atom. The predicted molar refractivity (Wildman–Crippen MR) is 96.3 cm³/mol. The number of rotatable bonds is 5. The monoisotopic (exact) mass is 343 g/mol. The molecule has 25 heavy (non-hydrogen) atoms. The first kappa shape index (κ1) is 17.5. The molecule has 0 spiro atoms. The van der Waals surface area contributed by atoms with Crippen LogP contribution in [0.1, 0.15) is 36.7 Å². The first-order valence-electron chi connectivity index (χ1n) is 8.81. The molecule has 0 atom stereocenters. The van der Waals surface area contributed by atoms with Crippen molar-refractivity contribution in [2.45, 2.75) is 26.2 Å². The average Bonchev–Trinajstić information content (AvgIpc) is 3.10. The molecule has 1 aromatic carbocycles. The molecule has 2 amide bonds. The molecule has 2 heterocycles. The normalized spacial score (nSPS) is 16.8. The van der Waals surface area contributed by atoms with Gasteiger partial charge >= 0.3 is 0 Å². The lowest BCUT2D eigenvalue weighted by atomic mass is 9.77. The van der Waals surface area contributed by atoms with E-state index in [9.17, 15) is 14.7 Å². The Morgan fingerprint density at radius 3 is 2.64 bits per heavy atom. The number of carbonyl (C=O) groups is 2. The molecule has 3 N–H and O–H groups in total. The molecule has 0 aliphatic carbocycles. The molecule has 134 valence electrons. The van der Waals surface area contributed by atoms with Gasteiger partial charge in [0.25, 0.3) is 5.91 Å². The smallest absolute Gasteiger partial charge is 0.268 e. The molecule has 0 bridgehead atoms. The van der Waals surface area contributed by atoms with E-state index in [-0.39, 0.29) is 30.4 Å². The maximum atomic E-state index is 12.3. The molecule has 2 aromatic rings. The summed E-state index contributed by atoms with van der Waals surface area (Å²) in [5, 5.41) is 13.2. The summed E-state index contributed by atoms with van der Waals surface area (Å²) in [7, 11) is 0. The van der Waals surface area contributed by atoms with Gasteiger partial charge in [0.15, 0.2) is 0 Å². The van der Waals surface area contributed by atoms with E-state index in [1.54, 1.807) is 11.0 Å². The quantitative estimate of drug-likeness (QED) is 0.775. The van der Waals surface area contributed by atoms with Gasteiger partial charge in [0, 0.05) is 30.6 Å². The van der Waals surface area contributed by atoms with Crippen LogP contribution in [-0.2, 0) is 4.79 Å². The number of hydrogen-bond donors (Lipinski definition) is 3. The highest BCUT2D eigenvalue weighted by Crippen LogP contribution is 2.34. The third kappa shape index (κ3) is 3.69. The summed E-state index contributed by atoms with van der Waals surface area (Å²) in [6.07, 6.45) is 2.53. The van der Waals surface area contributed by atoms with Gasteiger partial charge in [0.2, 0.25) is 5.91 Å². The Hall–Kier alpha value is -2.34. The third-order valence-electron chi connectivity index (χ3n) is 5.44. The minimum Gasteiger partial charge on any atom is -0.396 e. The number of para-hydroxylation sites is 1. The molecule has 1 fully saturated rings. The van der Waals surface area contributed by atoms with Crippen molar-refractivity contribution in [3.05, 3.63) is 36.0 Å². The standard InChI is InChI=1S/C19H25N3O3/c1-2-19(13-23)7-9-22(10-8-19)17(24)12-20-18(25)16-11-14-5-3-4-6-15(14)21-16/h3-6,11,21,23H,2,7-10,12-13H2,1H3,(H,20,25). The number of aliphatic hydroxyl groups excluding tert-OH is 1. The Morgan fingerprint density at radius 2 is 2.00 bits per heavy atom. The number of aliphatic hydroxyl groups is 1. The van der Waals surface area contributed by atoms with E-state index in [2.05, 4.69) is 17.2 Å². The highest BCUT2D eigenvalue weighted by molar-refractivity contribution is 5.99. The van der Waals surface area contributed by atoms with Crippen molar-refractivity contribution in [1.29, 1.82) is 0 Å². The van der Waals surface area contributed by atoms with Gasteiger partial charge in [-0.2, -0.15) is 0 Å². The SMILES string of the molecule is CCC1(CO)CCN(C(=O)CNC(=O)c2cc3ccccc3[nH]2)CC1. The second-order valence-corrected chi connectivity index (χ2v) is 6.85. The summed E-state index contributed by atoms with van der Waals surface area (Å²) in [5.41, 5.74) is 1.30. The largest absolute Gasteiger partial charge is 0.396 e. The van der Waals surface area contributed by atoms with E-state index < -0.39 is 0 Å². The number of aromatic amines is 1. The zero-order chi connectivity index (χ0) is 17.9. The van der Waals surface area contributed by atoms with Crippen LogP contribution in [0, 0.1) is 5.41 Å². The molecular formula is C19H25N3O3. The van der Waals surface area contributed by atoms with Crippen LogP contribution >= 0.6 is 0 Å². The van der Waals surface area contributed by atoms with E-state index in [1.807, 2.05) is 24.3 Å². The number of fused-ring (bicyclic) bond motifs is 1. The van der Waals surface area contributed by atoms with Crippen LogP contribution in [0.5, 0.6) is 0 Å².